The molecule has 1 aliphatic heterocycles. The van der Waals surface area contributed by atoms with Crippen molar-refractivity contribution in [1.82, 2.24) is 9.88 Å². The zero-order chi connectivity index (χ0) is 19.7. The Morgan fingerprint density at radius 3 is 2.54 bits per heavy atom. The summed E-state index contributed by atoms with van der Waals surface area (Å²) in [7, 11) is 0. The average molecular weight is 416 g/mol. The van der Waals surface area contributed by atoms with Crippen LogP contribution in [0.2, 0.25) is 0 Å². The molecule has 0 spiro atoms. The molecule has 4 rings (SSSR count). The maximum atomic E-state index is 13.1. The summed E-state index contributed by atoms with van der Waals surface area (Å²) in [5, 5.41) is 3.42. The zero-order valence-corrected chi connectivity index (χ0v) is 17.2. The average Bonchev–Trinajstić information content (AvgIpc) is 3.22. The third kappa shape index (κ3) is 3.46. The quantitative estimate of drug-likeness (QED) is 0.732. The van der Waals surface area contributed by atoms with Gasteiger partial charge in [0, 0.05) is 4.88 Å². The molecule has 0 fully saturated rings. The number of aromatic nitrogens is 1. The lowest BCUT2D eigenvalue weighted by Gasteiger charge is -2.24. The number of amides is 3. The van der Waals surface area contributed by atoms with Crippen molar-refractivity contribution in [1.29, 1.82) is 0 Å². The van der Waals surface area contributed by atoms with Crippen LogP contribution in [0.1, 0.15) is 50.5 Å². The standard InChI is InChI=1S/C20H21N3O3S2/c1-27-11-10-15(23-18(25)12-6-2-3-7-13(12)19(23)26)17(24)22-20-21-14-8-4-5-9-16(14)28-20/h2-3,6-7,15H,4-5,8-11H2,1H3,(H,21,22,24)/t15-/m1/s1. The summed E-state index contributed by atoms with van der Waals surface area (Å²) in [5.74, 6) is -0.491. The second-order valence-electron chi connectivity index (χ2n) is 6.91. The fraction of sp³-hybridized carbons (Fsp3) is 0.400. The van der Waals surface area contributed by atoms with Gasteiger partial charge in [0.05, 0.1) is 16.8 Å². The number of nitrogens with one attached hydrogen (secondary N) is 1. The van der Waals surface area contributed by atoms with Crippen LogP contribution in [-0.2, 0) is 17.6 Å². The van der Waals surface area contributed by atoms with Crippen molar-refractivity contribution in [3.8, 4) is 0 Å². The number of rotatable bonds is 6. The number of benzene rings is 1. The van der Waals surface area contributed by atoms with Crippen LogP contribution in [0.5, 0.6) is 0 Å². The summed E-state index contributed by atoms with van der Waals surface area (Å²) in [6.07, 6.45) is 6.55. The Kier molecular flexibility index (Phi) is 5.50. The number of hydrogen-bond donors (Lipinski definition) is 1. The van der Waals surface area contributed by atoms with Gasteiger partial charge in [0.1, 0.15) is 6.04 Å². The number of carbonyl (C=O) groups excluding carboxylic acids is 3. The predicted molar refractivity (Wildman–Crippen MR) is 111 cm³/mol. The minimum atomic E-state index is -0.847. The molecule has 1 atom stereocenters. The van der Waals surface area contributed by atoms with Crippen LogP contribution >= 0.6 is 23.1 Å². The third-order valence-corrected chi connectivity index (χ3v) is 6.83. The van der Waals surface area contributed by atoms with Crippen molar-refractivity contribution < 1.29 is 14.4 Å². The molecule has 1 aromatic carbocycles. The van der Waals surface area contributed by atoms with Gasteiger partial charge in [-0.1, -0.05) is 12.1 Å². The number of fused-ring (bicyclic) bond motifs is 2. The topological polar surface area (TPSA) is 79.4 Å². The molecular weight excluding hydrogens is 394 g/mol. The molecule has 0 saturated heterocycles. The number of imide groups is 1. The number of nitrogens with zero attached hydrogens (tertiary/aromatic N) is 2. The Morgan fingerprint density at radius 2 is 1.89 bits per heavy atom. The molecule has 3 amide bonds. The first kappa shape index (κ1) is 19.1. The van der Waals surface area contributed by atoms with E-state index in [2.05, 4.69) is 10.3 Å². The number of thioether (sulfide) groups is 1. The minimum Gasteiger partial charge on any atom is -0.300 e. The molecule has 1 N–H and O–H groups in total. The van der Waals surface area contributed by atoms with Crippen LogP contribution in [0.15, 0.2) is 24.3 Å². The van der Waals surface area contributed by atoms with E-state index < -0.39 is 17.9 Å². The monoisotopic (exact) mass is 415 g/mol. The molecule has 28 heavy (non-hydrogen) atoms. The van der Waals surface area contributed by atoms with E-state index in [1.807, 2.05) is 6.26 Å². The van der Waals surface area contributed by atoms with E-state index in [4.69, 9.17) is 0 Å². The van der Waals surface area contributed by atoms with E-state index in [9.17, 15) is 14.4 Å². The van der Waals surface area contributed by atoms with Gasteiger partial charge in [-0.05, 0) is 56.2 Å². The van der Waals surface area contributed by atoms with Crippen LogP contribution in [0.25, 0.3) is 0 Å². The first-order chi connectivity index (χ1) is 13.6. The summed E-state index contributed by atoms with van der Waals surface area (Å²) < 4.78 is 0. The fourth-order valence-corrected chi connectivity index (χ4v) is 5.20. The minimum absolute atomic E-state index is 0.352. The number of carbonyl (C=O) groups is 3. The number of aryl methyl sites for hydroxylation is 2. The van der Waals surface area contributed by atoms with E-state index in [1.54, 1.807) is 36.0 Å². The molecule has 0 radical (unpaired) electrons. The van der Waals surface area contributed by atoms with E-state index in [0.717, 1.165) is 36.3 Å². The van der Waals surface area contributed by atoms with Gasteiger partial charge in [0.25, 0.3) is 11.8 Å². The maximum absolute atomic E-state index is 13.1. The van der Waals surface area contributed by atoms with Gasteiger partial charge in [0.15, 0.2) is 5.13 Å². The van der Waals surface area contributed by atoms with Gasteiger partial charge < -0.3 is 5.32 Å². The van der Waals surface area contributed by atoms with E-state index >= 15 is 0 Å². The summed E-state index contributed by atoms with van der Waals surface area (Å²) >= 11 is 3.08. The van der Waals surface area contributed by atoms with Gasteiger partial charge >= 0.3 is 0 Å². The van der Waals surface area contributed by atoms with Crippen LogP contribution in [0.4, 0.5) is 5.13 Å². The highest BCUT2D eigenvalue weighted by Crippen LogP contribution is 2.31. The van der Waals surface area contributed by atoms with E-state index in [1.165, 1.54) is 16.2 Å². The van der Waals surface area contributed by atoms with Crippen LogP contribution in [0.3, 0.4) is 0 Å². The molecule has 2 heterocycles. The normalized spacial score (nSPS) is 16.7. The highest BCUT2D eigenvalue weighted by Gasteiger charge is 2.42. The molecule has 2 aliphatic rings. The second kappa shape index (κ2) is 8.05. The Morgan fingerprint density at radius 1 is 1.21 bits per heavy atom. The fourth-order valence-electron chi connectivity index (χ4n) is 3.69. The summed E-state index contributed by atoms with van der Waals surface area (Å²) in [5.41, 5.74) is 1.78. The SMILES string of the molecule is CSCC[C@H](C(=O)Nc1nc2c(s1)CCCC2)N1C(=O)c2ccccc2C1=O. The van der Waals surface area contributed by atoms with E-state index in [-0.39, 0.29) is 5.91 Å². The molecule has 1 aromatic heterocycles. The highest BCUT2D eigenvalue weighted by molar-refractivity contribution is 7.98. The zero-order valence-electron chi connectivity index (χ0n) is 15.6. The van der Waals surface area contributed by atoms with Crippen molar-refractivity contribution in [3.05, 3.63) is 46.0 Å². The molecule has 1 aliphatic carbocycles. The number of anilines is 1. The number of thiazole rings is 1. The van der Waals surface area contributed by atoms with Crippen molar-refractivity contribution in [2.24, 2.45) is 0 Å². The Balaban J connectivity index is 1.58. The first-order valence-corrected chi connectivity index (χ1v) is 11.6. The van der Waals surface area contributed by atoms with Gasteiger partial charge in [-0.2, -0.15) is 11.8 Å². The van der Waals surface area contributed by atoms with Crippen molar-refractivity contribution in [2.45, 2.75) is 38.1 Å². The van der Waals surface area contributed by atoms with Crippen molar-refractivity contribution >= 4 is 46.0 Å². The summed E-state index contributed by atoms with van der Waals surface area (Å²) in [6.45, 7) is 0. The Hall–Kier alpha value is -2.19. The second-order valence-corrected chi connectivity index (χ2v) is 8.98. The summed E-state index contributed by atoms with van der Waals surface area (Å²) in [6, 6.07) is 5.87. The lowest BCUT2D eigenvalue weighted by molar-refractivity contribution is -0.120. The molecule has 0 unspecified atom stereocenters. The molecule has 6 nitrogen and oxygen atoms in total. The molecule has 0 saturated carbocycles. The van der Waals surface area contributed by atoms with E-state index in [0.29, 0.717) is 28.4 Å². The first-order valence-electron chi connectivity index (χ1n) is 9.35. The Bertz CT molecular complexity index is 882. The smallest absolute Gasteiger partial charge is 0.262 e. The molecule has 0 bridgehead atoms. The highest BCUT2D eigenvalue weighted by atomic mass is 32.2. The predicted octanol–water partition coefficient (Wildman–Crippen LogP) is 3.38. The Labute approximate surface area is 171 Å². The van der Waals surface area contributed by atoms with Crippen LogP contribution < -0.4 is 5.32 Å². The molecule has 8 heteroatoms. The van der Waals surface area contributed by atoms with Gasteiger partial charge in [-0.3, -0.25) is 19.3 Å². The maximum Gasteiger partial charge on any atom is 0.262 e. The van der Waals surface area contributed by atoms with Crippen LogP contribution in [-0.4, -0.2) is 45.7 Å². The third-order valence-electron chi connectivity index (χ3n) is 5.11. The molecule has 146 valence electrons. The molecule has 2 aromatic rings. The van der Waals surface area contributed by atoms with Gasteiger partial charge in [0.2, 0.25) is 5.91 Å². The van der Waals surface area contributed by atoms with Gasteiger partial charge in [-0.15, -0.1) is 11.3 Å². The molecular formula is C20H21N3O3S2. The largest absolute Gasteiger partial charge is 0.300 e. The van der Waals surface area contributed by atoms with Crippen molar-refractivity contribution in [3.63, 3.8) is 0 Å². The summed E-state index contributed by atoms with van der Waals surface area (Å²) in [4.78, 5) is 45.6. The van der Waals surface area contributed by atoms with Crippen LogP contribution in [0, 0.1) is 0 Å². The number of hydrogen-bond acceptors (Lipinski definition) is 6. The van der Waals surface area contributed by atoms with Gasteiger partial charge in [-0.25, -0.2) is 4.98 Å². The van der Waals surface area contributed by atoms with Crippen molar-refractivity contribution in [2.75, 3.05) is 17.3 Å². The lowest BCUT2D eigenvalue weighted by Crippen LogP contribution is -2.47. The lowest BCUT2D eigenvalue weighted by atomic mass is 10.0.